The first-order valence-corrected chi connectivity index (χ1v) is 20.2. The molecular formula is C43H66N2O6. The third-order valence-electron chi connectivity index (χ3n) is 14.9. The van der Waals surface area contributed by atoms with E-state index in [0.29, 0.717) is 55.2 Å². The van der Waals surface area contributed by atoms with Crippen LogP contribution in [0.25, 0.3) is 0 Å². The number of unbranched alkanes of at least 4 members (excludes halogenated alkanes) is 1. The number of allylic oxidation sites excluding steroid dienone is 1. The highest BCUT2D eigenvalue weighted by Crippen LogP contribution is 2.67. The zero-order valence-electron chi connectivity index (χ0n) is 32.6. The van der Waals surface area contributed by atoms with Crippen LogP contribution in [0.4, 0.5) is 0 Å². The second-order valence-corrected chi connectivity index (χ2v) is 17.9. The van der Waals surface area contributed by atoms with E-state index in [9.17, 15) is 14.7 Å². The summed E-state index contributed by atoms with van der Waals surface area (Å²) in [5.41, 5.74) is 17.4. The van der Waals surface area contributed by atoms with E-state index in [0.717, 1.165) is 84.3 Å². The van der Waals surface area contributed by atoms with E-state index in [-0.39, 0.29) is 17.5 Å². The number of aliphatic hydroxyl groups is 1. The summed E-state index contributed by atoms with van der Waals surface area (Å²) in [6.07, 6.45) is 16.1. The van der Waals surface area contributed by atoms with Gasteiger partial charge in [0.15, 0.2) is 0 Å². The Bertz CT molecular complexity index is 1520. The first-order chi connectivity index (χ1) is 24.1. The van der Waals surface area contributed by atoms with Crippen molar-refractivity contribution in [2.45, 2.75) is 163 Å². The molecule has 0 spiro atoms. The van der Waals surface area contributed by atoms with E-state index in [2.05, 4.69) is 26.8 Å². The molecule has 51 heavy (non-hydrogen) atoms. The molecular weight excluding hydrogens is 640 g/mol. The SMILES string of the molecule is Cc1c(C)c2c(c(C)c1OC(=O)[C@H](N)CCCCN)CC[C@@](C)(OC(=O)CC[C@@H](C)[C@H]1CC[C@H]3[C@@H]4CC=C5C[C@H](O)CC[C@]5(C)[C@H]4CC[C@]13C)O2. The summed E-state index contributed by atoms with van der Waals surface area (Å²) in [5, 5.41) is 10.4. The number of aliphatic hydroxyl groups excluding tert-OH is 1. The maximum absolute atomic E-state index is 13.4. The number of nitrogens with two attached hydrogens (primary N) is 2. The number of fused-ring (bicyclic) bond motifs is 6. The van der Waals surface area contributed by atoms with Crippen molar-refractivity contribution in [2.75, 3.05) is 6.54 Å². The van der Waals surface area contributed by atoms with Crippen molar-refractivity contribution in [2.24, 2.45) is 51.9 Å². The molecule has 284 valence electrons. The van der Waals surface area contributed by atoms with Crippen LogP contribution in [0.3, 0.4) is 0 Å². The third kappa shape index (κ3) is 7.15. The second kappa shape index (κ2) is 14.8. The summed E-state index contributed by atoms with van der Waals surface area (Å²) in [6.45, 7) is 15.7. The molecule has 0 amide bonds. The van der Waals surface area contributed by atoms with Gasteiger partial charge in [0.2, 0.25) is 0 Å². The van der Waals surface area contributed by atoms with Crippen molar-refractivity contribution in [1.29, 1.82) is 0 Å². The number of carbonyl (C=O) groups excluding carboxylic acids is 2. The second-order valence-electron chi connectivity index (χ2n) is 17.9. The van der Waals surface area contributed by atoms with Crippen molar-refractivity contribution in [3.8, 4) is 11.5 Å². The monoisotopic (exact) mass is 706 g/mol. The fraction of sp³-hybridized carbons (Fsp3) is 0.767. The predicted octanol–water partition coefficient (Wildman–Crippen LogP) is 7.91. The molecule has 5 aliphatic rings. The Morgan fingerprint density at radius 2 is 1.75 bits per heavy atom. The van der Waals surface area contributed by atoms with Gasteiger partial charge in [0.05, 0.1) is 6.10 Å². The zero-order chi connectivity index (χ0) is 36.9. The van der Waals surface area contributed by atoms with Gasteiger partial charge in [-0.05, 0) is 161 Å². The standard InChI is InChI=1S/C43H66N2O6/c1-25(33-14-15-34-32-13-12-29-24-30(46)17-20-41(29,5)35(32)19-21-42(33,34)6)11-16-37(47)50-43(7)22-18-31-28(4)38(26(2)27(3)39(31)51-43)49-40(48)36(45)10-8-9-23-44/h12,25,30,32-36,46H,8-11,13-24,44-45H2,1-7H3/t25-,30-,32+,33-,34+,35+,36-,41+,42-,43+/m1/s1. The minimum absolute atomic E-state index is 0.160. The van der Waals surface area contributed by atoms with Gasteiger partial charge in [-0.3, -0.25) is 4.79 Å². The average Bonchev–Trinajstić information content (AvgIpc) is 3.45. The largest absolute Gasteiger partial charge is 0.452 e. The van der Waals surface area contributed by atoms with Crippen molar-refractivity contribution in [3.63, 3.8) is 0 Å². The molecule has 0 saturated heterocycles. The van der Waals surface area contributed by atoms with Crippen LogP contribution in [0.1, 0.15) is 140 Å². The molecule has 6 rings (SSSR count). The van der Waals surface area contributed by atoms with Crippen LogP contribution < -0.4 is 20.9 Å². The lowest BCUT2D eigenvalue weighted by molar-refractivity contribution is -0.197. The lowest BCUT2D eigenvalue weighted by atomic mass is 9.47. The average molecular weight is 707 g/mol. The molecule has 8 nitrogen and oxygen atoms in total. The topological polar surface area (TPSA) is 134 Å². The maximum atomic E-state index is 13.4. The minimum atomic E-state index is -1.05. The van der Waals surface area contributed by atoms with Gasteiger partial charge in [-0.2, -0.15) is 0 Å². The van der Waals surface area contributed by atoms with E-state index in [1.165, 1.54) is 37.7 Å². The van der Waals surface area contributed by atoms with E-state index in [4.69, 9.17) is 25.7 Å². The van der Waals surface area contributed by atoms with E-state index < -0.39 is 17.8 Å². The molecule has 10 atom stereocenters. The number of esters is 2. The molecule has 1 heterocycles. The van der Waals surface area contributed by atoms with Gasteiger partial charge >= 0.3 is 11.9 Å². The van der Waals surface area contributed by atoms with Gasteiger partial charge in [-0.15, -0.1) is 0 Å². The Morgan fingerprint density at radius 3 is 2.49 bits per heavy atom. The van der Waals surface area contributed by atoms with Gasteiger partial charge in [0, 0.05) is 25.3 Å². The molecule has 1 aromatic rings. The van der Waals surface area contributed by atoms with Gasteiger partial charge < -0.3 is 30.8 Å². The number of carbonyl (C=O) groups is 2. The first-order valence-electron chi connectivity index (χ1n) is 20.2. The molecule has 4 aliphatic carbocycles. The molecule has 8 heteroatoms. The number of rotatable bonds is 11. The Balaban J connectivity index is 1.05. The predicted molar refractivity (Wildman–Crippen MR) is 200 cm³/mol. The van der Waals surface area contributed by atoms with Gasteiger partial charge in [0.25, 0.3) is 5.79 Å². The minimum Gasteiger partial charge on any atom is -0.452 e. The van der Waals surface area contributed by atoms with Crippen LogP contribution in [0, 0.1) is 61.2 Å². The molecule has 0 aromatic heterocycles. The van der Waals surface area contributed by atoms with Gasteiger partial charge in [-0.1, -0.05) is 38.8 Å². The van der Waals surface area contributed by atoms with Crippen molar-refractivity contribution in [1.82, 2.24) is 0 Å². The summed E-state index contributed by atoms with van der Waals surface area (Å²) >= 11 is 0. The number of benzene rings is 1. The molecule has 5 N–H and O–H groups in total. The van der Waals surface area contributed by atoms with Crippen LogP contribution in [-0.2, 0) is 20.7 Å². The Hall–Kier alpha value is -2.42. The smallest absolute Gasteiger partial charge is 0.328 e. The maximum Gasteiger partial charge on any atom is 0.328 e. The van der Waals surface area contributed by atoms with E-state index in [1.54, 1.807) is 0 Å². The molecule has 1 aromatic carbocycles. The Kier molecular flexibility index (Phi) is 11.1. The van der Waals surface area contributed by atoms with Crippen LogP contribution >= 0.6 is 0 Å². The summed E-state index contributed by atoms with van der Waals surface area (Å²) in [7, 11) is 0. The summed E-state index contributed by atoms with van der Waals surface area (Å²) in [6, 6.07) is -0.694. The van der Waals surface area contributed by atoms with Crippen LogP contribution in [0.5, 0.6) is 11.5 Å². The highest BCUT2D eigenvalue weighted by Gasteiger charge is 2.59. The van der Waals surface area contributed by atoms with Crippen molar-refractivity contribution < 1.29 is 28.9 Å². The molecule has 0 bridgehead atoms. The highest BCUT2D eigenvalue weighted by atomic mass is 16.7. The zero-order valence-corrected chi connectivity index (χ0v) is 32.6. The van der Waals surface area contributed by atoms with Gasteiger partial charge in [-0.25, -0.2) is 4.79 Å². The lowest BCUT2D eigenvalue weighted by Gasteiger charge is -2.58. The molecule has 0 unspecified atom stereocenters. The fourth-order valence-electron chi connectivity index (χ4n) is 11.7. The normalized spacial score (nSPS) is 35.3. The fourth-order valence-corrected chi connectivity index (χ4v) is 11.7. The quantitative estimate of drug-likeness (QED) is 0.0915. The molecule has 1 aliphatic heterocycles. The lowest BCUT2D eigenvalue weighted by Crippen LogP contribution is -2.50. The summed E-state index contributed by atoms with van der Waals surface area (Å²) < 4.78 is 18.5. The third-order valence-corrected chi connectivity index (χ3v) is 14.9. The molecule has 3 fully saturated rings. The van der Waals surface area contributed by atoms with E-state index in [1.807, 2.05) is 27.7 Å². The van der Waals surface area contributed by atoms with Crippen LogP contribution in [0.15, 0.2) is 11.6 Å². The molecule has 3 saturated carbocycles. The molecule has 0 radical (unpaired) electrons. The van der Waals surface area contributed by atoms with Gasteiger partial charge in [0.1, 0.15) is 17.5 Å². The van der Waals surface area contributed by atoms with E-state index >= 15 is 0 Å². The van der Waals surface area contributed by atoms with Crippen LogP contribution in [0.2, 0.25) is 0 Å². The van der Waals surface area contributed by atoms with Crippen molar-refractivity contribution in [3.05, 3.63) is 33.9 Å². The Morgan fingerprint density at radius 1 is 0.980 bits per heavy atom. The van der Waals surface area contributed by atoms with Crippen LogP contribution in [-0.4, -0.2) is 41.5 Å². The number of ether oxygens (including phenoxy) is 3. The first kappa shape index (κ1) is 38.3. The van der Waals surface area contributed by atoms with Crippen molar-refractivity contribution >= 4 is 11.9 Å². The summed E-state index contributed by atoms with van der Waals surface area (Å²) in [4.78, 5) is 26.3. The number of hydrogen-bond acceptors (Lipinski definition) is 8. The highest BCUT2D eigenvalue weighted by molar-refractivity contribution is 5.79. The number of hydrogen-bond donors (Lipinski definition) is 3. The summed E-state index contributed by atoms with van der Waals surface area (Å²) in [5.74, 6) is 2.86. The Labute approximate surface area is 306 Å².